The lowest BCUT2D eigenvalue weighted by Crippen LogP contribution is -2.14. The van der Waals surface area contributed by atoms with Crippen molar-refractivity contribution in [3.05, 3.63) is 53.1 Å². The van der Waals surface area contributed by atoms with Crippen molar-refractivity contribution in [1.82, 2.24) is 0 Å². The maximum Gasteiger partial charge on any atom is 0.261 e. The van der Waals surface area contributed by atoms with Crippen molar-refractivity contribution in [2.75, 3.05) is 10.0 Å². The summed E-state index contributed by atoms with van der Waals surface area (Å²) in [5, 5.41) is 2.70. The SMILES string of the molecule is CCc1ccc(C)c(NS(=O)(=O)c2ccc3c(c2)CC(=O)N3)c1. The highest BCUT2D eigenvalue weighted by Crippen LogP contribution is 2.27. The van der Waals surface area contributed by atoms with Crippen LogP contribution < -0.4 is 10.0 Å². The van der Waals surface area contributed by atoms with E-state index in [1.165, 1.54) is 6.07 Å². The van der Waals surface area contributed by atoms with Gasteiger partial charge >= 0.3 is 0 Å². The molecule has 2 aromatic rings. The van der Waals surface area contributed by atoms with Crippen LogP contribution in [0.2, 0.25) is 0 Å². The predicted molar refractivity (Wildman–Crippen MR) is 90.1 cm³/mol. The van der Waals surface area contributed by atoms with E-state index in [0.717, 1.165) is 17.5 Å². The van der Waals surface area contributed by atoms with E-state index in [0.29, 0.717) is 16.9 Å². The summed E-state index contributed by atoms with van der Waals surface area (Å²) in [4.78, 5) is 11.6. The van der Waals surface area contributed by atoms with E-state index in [1.54, 1.807) is 12.1 Å². The quantitative estimate of drug-likeness (QED) is 0.905. The third-order valence-electron chi connectivity index (χ3n) is 3.97. The zero-order valence-electron chi connectivity index (χ0n) is 13.0. The molecule has 1 aliphatic heterocycles. The second-order valence-corrected chi connectivity index (χ2v) is 7.33. The summed E-state index contributed by atoms with van der Waals surface area (Å²) in [7, 11) is -3.69. The molecule has 1 amide bonds. The molecule has 23 heavy (non-hydrogen) atoms. The second kappa shape index (κ2) is 5.70. The summed E-state index contributed by atoms with van der Waals surface area (Å²) in [6.45, 7) is 3.88. The number of sulfonamides is 1. The van der Waals surface area contributed by atoms with E-state index >= 15 is 0 Å². The molecule has 0 saturated carbocycles. The largest absolute Gasteiger partial charge is 0.326 e. The molecule has 0 fully saturated rings. The van der Waals surface area contributed by atoms with E-state index in [-0.39, 0.29) is 17.2 Å². The first-order chi connectivity index (χ1) is 10.9. The molecule has 5 nitrogen and oxygen atoms in total. The molecule has 2 N–H and O–H groups in total. The van der Waals surface area contributed by atoms with E-state index in [1.807, 2.05) is 32.0 Å². The Kier molecular flexibility index (Phi) is 3.85. The maximum absolute atomic E-state index is 12.6. The van der Waals surface area contributed by atoms with Gasteiger partial charge in [0.15, 0.2) is 0 Å². The van der Waals surface area contributed by atoms with Crippen LogP contribution in [0.15, 0.2) is 41.3 Å². The molecule has 0 spiro atoms. The monoisotopic (exact) mass is 330 g/mol. The molecule has 0 bridgehead atoms. The minimum Gasteiger partial charge on any atom is -0.326 e. The van der Waals surface area contributed by atoms with Crippen LogP contribution in [0.3, 0.4) is 0 Å². The van der Waals surface area contributed by atoms with Gasteiger partial charge in [-0.05, 0) is 54.3 Å². The van der Waals surface area contributed by atoms with Crippen molar-refractivity contribution in [3.63, 3.8) is 0 Å². The fraction of sp³-hybridized carbons (Fsp3) is 0.235. The Labute approximate surface area is 135 Å². The number of aryl methyl sites for hydroxylation is 2. The molecule has 0 aromatic heterocycles. The minimum atomic E-state index is -3.69. The molecule has 120 valence electrons. The first-order valence-electron chi connectivity index (χ1n) is 7.44. The molecule has 1 aliphatic rings. The molecule has 1 heterocycles. The summed E-state index contributed by atoms with van der Waals surface area (Å²) in [6.07, 6.45) is 1.05. The van der Waals surface area contributed by atoms with E-state index < -0.39 is 10.0 Å². The van der Waals surface area contributed by atoms with Crippen LogP contribution in [0, 0.1) is 6.92 Å². The predicted octanol–water partition coefficient (Wildman–Crippen LogP) is 2.85. The number of carbonyl (C=O) groups excluding carboxylic acids is 1. The number of hydrogen-bond donors (Lipinski definition) is 2. The van der Waals surface area contributed by atoms with Crippen molar-refractivity contribution in [2.45, 2.75) is 31.6 Å². The molecule has 2 aromatic carbocycles. The van der Waals surface area contributed by atoms with Gasteiger partial charge in [-0.25, -0.2) is 8.42 Å². The van der Waals surface area contributed by atoms with Crippen LogP contribution in [0.25, 0.3) is 0 Å². The highest BCUT2D eigenvalue weighted by Gasteiger charge is 2.22. The number of hydrogen-bond acceptors (Lipinski definition) is 3. The maximum atomic E-state index is 12.6. The molecule has 0 unspecified atom stereocenters. The van der Waals surface area contributed by atoms with Gasteiger partial charge in [-0.15, -0.1) is 0 Å². The third-order valence-corrected chi connectivity index (χ3v) is 5.33. The Morgan fingerprint density at radius 1 is 1.17 bits per heavy atom. The van der Waals surface area contributed by atoms with E-state index in [2.05, 4.69) is 10.0 Å². The van der Waals surface area contributed by atoms with Crippen LogP contribution in [0.5, 0.6) is 0 Å². The van der Waals surface area contributed by atoms with Gasteiger partial charge in [-0.2, -0.15) is 0 Å². The summed E-state index contributed by atoms with van der Waals surface area (Å²) in [6, 6.07) is 10.4. The molecule has 0 saturated heterocycles. The van der Waals surface area contributed by atoms with Crippen molar-refractivity contribution in [2.24, 2.45) is 0 Å². The van der Waals surface area contributed by atoms with Gasteiger partial charge in [0, 0.05) is 5.69 Å². The minimum absolute atomic E-state index is 0.117. The smallest absolute Gasteiger partial charge is 0.261 e. The van der Waals surface area contributed by atoms with Crippen LogP contribution in [0.1, 0.15) is 23.6 Å². The van der Waals surface area contributed by atoms with Crippen molar-refractivity contribution in [1.29, 1.82) is 0 Å². The number of amides is 1. The van der Waals surface area contributed by atoms with Gasteiger partial charge in [0.05, 0.1) is 17.0 Å². The highest BCUT2D eigenvalue weighted by atomic mass is 32.2. The Hall–Kier alpha value is -2.34. The van der Waals surface area contributed by atoms with Crippen molar-refractivity contribution >= 4 is 27.3 Å². The number of carbonyl (C=O) groups is 1. The fourth-order valence-electron chi connectivity index (χ4n) is 2.58. The summed E-state index contributed by atoms with van der Waals surface area (Å²) in [5.74, 6) is -0.117. The summed E-state index contributed by atoms with van der Waals surface area (Å²) in [5.41, 5.74) is 3.90. The lowest BCUT2D eigenvalue weighted by atomic mass is 10.1. The van der Waals surface area contributed by atoms with Gasteiger partial charge in [0.2, 0.25) is 5.91 Å². The molecule has 0 radical (unpaired) electrons. The van der Waals surface area contributed by atoms with Gasteiger partial charge in [-0.3, -0.25) is 9.52 Å². The normalized spacial score (nSPS) is 13.6. The van der Waals surface area contributed by atoms with Gasteiger partial charge in [0.1, 0.15) is 0 Å². The van der Waals surface area contributed by atoms with Crippen LogP contribution >= 0.6 is 0 Å². The molecular formula is C17H18N2O3S. The lowest BCUT2D eigenvalue weighted by molar-refractivity contribution is -0.115. The number of benzene rings is 2. The molecular weight excluding hydrogens is 312 g/mol. The standard InChI is InChI=1S/C17H18N2O3S/c1-3-12-5-4-11(2)16(8-12)19-23(21,22)14-6-7-15-13(9-14)10-17(20)18-15/h4-9,19H,3,10H2,1-2H3,(H,18,20). The van der Waals surface area contributed by atoms with Crippen molar-refractivity contribution in [3.8, 4) is 0 Å². The topological polar surface area (TPSA) is 75.3 Å². The fourth-order valence-corrected chi connectivity index (χ4v) is 3.75. The van der Waals surface area contributed by atoms with Crippen molar-refractivity contribution < 1.29 is 13.2 Å². The van der Waals surface area contributed by atoms with E-state index in [9.17, 15) is 13.2 Å². The van der Waals surface area contributed by atoms with E-state index in [4.69, 9.17) is 0 Å². The lowest BCUT2D eigenvalue weighted by Gasteiger charge is -2.12. The third kappa shape index (κ3) is 3.07. The average Bonchev–Trinajstić information content (AvgIpc) is 2.88. The van der Waals surface area contributed by atoms with Gasteiger partial charge < -0.3 is 5.32 Å². The average molecular weight is 330 g/mol. The number of rotatable bonds is 4. The van der Waals surface area contributed by atoms with Crippen LogP contribution in [-0.2, 0) is 27.7 Å². The van der Waals surface area contributed by atoms with Gasteiger partial charge in [-0.1, -0.05) is 19.1 Å². The zero-order chi connectivity index (χ0) is 16.6. The first-order valence-corrected chi connectivity index (χ1v) is 8.92. The number of fused-ring (bicyclic) bond motifs is 1. The second-order valence-electron chi connectivity index (χ2n) is 5.65. The Balaban J connectivity index is 1.94. The zero-order valence-corrected chi connectivity index (χ0v) is 13.8. The molecule has 6 heteroatoms. The van der Waals surface area contributed by atoms with Gasteiger partial charge in [0.25, 0.3) is 10.0 Å². The Morgan fingerprint density at radius 3 is 2.70 bits per heavy atom. The molecule has 0 atom stereocenters. The number of nitrogens with one attached hydrogen (secondary N) is 2. The summed E-state index contributed by atoms with van der Waals surface area (Å²) < 4.78 is 27.9. The number of anilines is 2. The first kappa shape index (κ1) is 15.6. The highest BCUT2D eigenvalue weighted by molar-refractivity contribution is 7.92. The summed E-state index contributed by atoms with van der Waals surface area (Å²) >= 11 is 0. The Bertz CT molecular complexity index is 889. The molecule has 3 rings (SSSR count). The van der Waals surface area contributed by atoms with Crippen LogP contribution in [0.4, 0.5) is 11.4 Å². The van der Waals surface area contributed by atoms with Crippen LogP contribution in [-0.4, -0.2) is 14.3 Å². The molecule has 0 aliphatic carbocycles. The Morgan fingerprint density at radius 2 is 1.96 bits per heavy atom.